The third-order valence-corrected chi connectivity index (χ3v) is 3.10. The van der Waals surface area contributed by atoms with Gasteiger partial charge in [-0.2, -0.15) is 5.10 Å². The smallest absolute Gasteiger partial charge is 0.123 e. The standard InChI is InChI=1S/C14H18FN3O/c1-10-14(9-16-7-8-19)11(2)18(17-10)13-5-3-12(15)4-6-13/h3-6,16,19H,7-9H2,1-2H3. The molecule has 0 radical (unpaired) electrons. The molecule has 2 aromatic rings. The van der Waals surface area contributed by atoms with Gasteiger partial charge in [0.05, 0.1) is 18.0 Å². The van der Waals surface area contributed by atoms with Crippen molar-refractivity contribution in [3.8, 4) is 5.69 Å². The Balaban J connectivity index is 2.27. The summed E-state index contributed by atoms with van der Waals surface area (Å²) >= 11 is 0. The highest BCUT2D eigenvalue weighted by Gasteiger charge is 2.12. The molecule has 2 N–H and O–H groups in total. The van der Waals surface area contributed by atoms with E-state index in [1.54, 1.807) is 12.1 Å². The predicted octanol–water partition coefficient (Wildman–Crippen LogP) is 1.71. The molecule has 0 aliphatic rings. The molecule has 2 rings (SSSR count). The lowest BCUT2D eigenvalue weighted by Gasteiger charge is -2.06. The zero-order valence-corrected chi connectivity index (χ0v) is 11.2. The molecule has 0 aliphatic heterocycles. The zero-order chi connectivity index (χ0) is 13.8. The summed E-state index contributed by atoms with van der Waals surface area (Å²) in [5, 5.41) is 16.4. The first-order valence-corrected chi connectivity index (χ1v) is 6.26. The lowest BCUT2D eigenvalue weighted by molar-refractivity contribution is 0.292. The fraction of sp³-hybridized carbons (Fsp3) is 0.357. The van der Waals surface area contributed by atoms with Crippen molar-refractivity contribution in [2.45, 2.75) is 20.4 Å². The summed E-state index contributed by atoms with van der Waals surface area (Å²) in [5.74, 6) is -0.255. The van der Waals surface area contributed by atoms with Gasteiger partial charge in [0.1, 0.15) is 5.82 Å². The maximum atomic E-state index is 12.9. The molecular weight excluding hydrogens is 245 g/mol. The Labute approximate surface area is 111 Å². The number of nitrogens with zero attached hydrogens (tertiary/aromatic N) is 2. The van der Waals surface area contributed by atoms with Crippen molar-refractivity contribution in [2.75, 3.05) is 13.2 Å². The van der Waals surface area contributed by atoms with E-state index in [9.17, 15) is 4.39 Å². The molecule has 19 heavy (non-hydrogen) atoms. The van der Waals surface area contributed by atoms with Crippen LogP contribution in [0.5, 0.6) is 0 Å². The molecule has 0 saturated carbocycles. The van der Waals surface area contributed by atoms with Crippen LogP contribution in [0.3, 0.4) is 0 Å². The maximum absolute atomic E-state index is 12.9. The monoisotopic (exact) mass is 263 g/mol. The highest BCUT2D eigenvalue weighted by atomic mass is 19.1. The van der Waals surface area contributed by atoms with E-state index in [1.807, 2.05) is 18.5 Å². The lowest BCUT2D eigenvalue weighted by Crippen LogP contribution is -2.18. The molecule has 0 unspecified atom stereocenters. The highest BCUT2D eigenvalue weighted by molar-refractivity contribution is 5.37. The number of aryl methyl sites for hydroxylation is 1. The topological polar surface area (TPSA) is 50.1 Å². The third kappa shape index (κ3) is 3.00. The molecule has 1 aromatic heterocycles. The van der Waals surface area contributed by atoms with Crippen molar-refractivity contribution in [1.82, 2.24) is 15.1 Å². The van der Waals surface area contributed by atoms with E-state index in [2.05, 4.69) is 10.4 Å². The molecule has 0 saturated heterocycles. The molecule has 1 heterocycles. The van der Waals surface area contributed by atoms with E-state index in [4.69, 9.17) is 5.11 Å². The molecule has 0 fully saturated rings. The maximum Gasteiger partial charge on any atom is 0.123 e. The van der Waals surface area contributed by atoms with Gasteiger partial charge in [-0.3, -0.25) is 0 Å². The molecule has 0 aliphatic carbocycles. The molecule has 0 spiro atoms. The SMILES string of the molecule is Cc1nn(-c2ccc(F)cc2)c(C)c1CNCCO. The Hall–Kier alpha value is -1.72. The van der Waals surface area contributed by atoms with Gasteiger partial charge in [0.15, 0.2) is 0 Å². The van der Waals surface area contributed by atoms with Crippen molar-refractivity contribution in [2.24, 2.45) is 0 Å². The van der Waals surface area contributed by atoms with Crippen LogP contribution in [0.4, 0.5) is 4.39 Å². The van der Waals surface area contributed by atoms with Crippen LogP contribution in [0, 0.1) is 19.7 Å². The predicted molar refractivity (Wildman–Crippen MR) is 71.8 cm³/mol. The van der Waals surface area contributed by atoms with Gasteiger partial charge in [0, 0.05) is 24.3 Å². The normalized spacial score (nSPS) is 10.9. The number of benzene rings is 1. The number of rotatable bonds is 5. The van der Waals surface area contributed by atoms with Crippen LogP contribution in [-0.4, -0.2) is 28.0 Å². The average Bonchev–Trinajstić information content (AvgIpc) is 2.68. The molecule has 5 heteroatoms. The van der Waals surface area contributed by atoms with Gasteiger partial charge in [-0.05, 0) is 38.1 Å². The van der Waals surface area contributed by atoms with E-state index in [0.29, 0.717) is 13.1 Å². The summed E-state index contributed by atoms with van der Waals surface area (Å²) in [6.07, 6.45) is 0. The molecule has 102 valence electrons. The van der Waals surface area contributed by atoms with Gasteiger partial charge in [0.25, 0.3) is 0 Å². The second-order valence-electron chi connectivity index (χ2n) is 4.44. The van der Waals surface area contributed by atoms with Crippen molar-refractivity contribution >= 4 is 0 Å². The number of aliphatic hydroxyl groups is 1. The quantitative estimate of drug-likeness (QED) is 0.807. The summed E-state index contributed by atoms with van der Waals surface area (Å²) in [6, 6.07) is 6.27. The Morgan fingerprint density at radius 2 is 1.95 bits per heavy atom. The Morgan fingerprint density at radius 3 is 2.58 bits per heavy atom. The first-order chi connectivity index (χ1) is 9.13. The van der Waals surface area contributed by atoms with Crippen LogP contribution in [-0.2, 0) is 6.54 Å². The summed E-state index contributed by atoms with van der Waals surface area (Å²) in [7, 11) is 0. The van der Waals surface area contributed by atoms with Crippen LogP contribution in [0.1, 0.15) is 17.0 Å². The zero-order valence-electron chi connectivity index (χ0n) is 11.2. The minimum atomic E-state index is -0.255. The lowest BCUT2D eigenvalue weighted by atomic mass is 10.2. The summed E-state index contributed by atoms with van der Waals surface area (Å²) in [4.78, 5) is 0. The number of aliphatic hydroxyl groups excluding tert-OH is 1. The third-order valence-electron chi connectivity index (χ3n) is 3.10. The van der Waals surface area contributed by atoms with Crippen molar-refractivity contribution in [1.29, 1.82) is 0 Å². The second-order valence-corrected chi connectivity index (χ2v) is 4.44. The van der Waals surface area contributed by atoms with Crippen LogP contribution in [0.2, 0.25) is 0 Å². The van der Waals surface area contributed by atoms with Crippen molar-refractivity contribution < 1.29 is 9.50 Å². The molecule has 4 nitrogen and oxygen atoms in total. The minimum Gasteiger partial charge on any atom is -0.395 e. The number of halogens is 1. The number of aromatic nitrogens is 2. The van der Waals surface area contributed by atoms with Crippen LogP contribution >= 0.6 is 0 Å². The first kappa shape index (κ1) is 13.7. The van der Waals surface area contributed by atoms with Gasteiger partial charge in [-0.25, -0.2) is 9.07 Å². The largest absolute Gasteiger partial charge is 0.395 e. The minimum absolute atomic E-state index is 0.115. The average molecular weight is 263 g/mol. The van der Waals surface area contributed by atoms with Gasteiger partial charge < -0.3 is 10.4 Å². The van der Waals surface area contributed by atoms with Crippen LogP contribution in [0.15, 0.2) is 24.3 Å². The Morgan fingerprint density at radius 1 is 1.26 bits per heavy atom. The van der Waals surface area contributed by atoms with Crippen LogP contribution in [0.25, 0.3) is 5.69 Å². The molecular formula is C14H18FN3O. The fourth-order valence-corrected chi connectivity index (χ4v) is 2.06. The molecule has 0 bridgehead atoms. The van der Waals surface area contributed by atoms with E-state index < -0.39 is 0 Å². The van der Waals surface area contributed by atoms with E-state index in [1.165, 1.54) is 12.1 Å². The fourth-order valence-electron chi connectivity index (χ4n) is 2.06. The highest BCUT2D eigenvalue weighted by Crippen LogP contribution is 2.18. The number of nitrogens with one attached hydrogen (secondary N) is 1. The molecule has 1 aromatic carbocycles. The first-order valence-electron chi connectivity index (χ1n) is 6.26. The second kappa shape index (κ2) is 5.95. The van der Waals surface area contributed by atoms with Crippen molar-refractivity contribution in [3.63, 3.8) is 0 Å². The molecule has 0 amide bonds. The number of hydrogen-bond donors (Lipinski definition) is 2. The van der Waals surface area contributed by atoms with Gasteiger partial charge in [-0.15, -0.1) is 0 Å². The van der Waals surface area contributed by atoms with E-state index in [-0.39, 0.29) is 12.4 Å². The Kier molecular flexibility index (Phi) is 4.29. The summed E-state index contributed by atoms with van der Waals surface area (Å²) < 4.78 is 14.7. The number of hydrogen-bond acceptors (Lipinski definition) is 3. The van der Waals surface area contributed by atoms with Gasteiger partial charge in [-0.1, -0.05) is 0 Å². The van der Waals surface area contributed by atoms with Crippen LogP contribution < -0.4 is 5.32 Å². The van der Waals surface area contributed by atoms with Gasteiger partial charge >= 0.3 is 0 Å². The van der Waals surface area contributed by atoms with Gasteiger partial charge in [0.2, 0.25) is 0 Å². The van der Waals surface area contributed by atoms with E-state index in [0.717, 1.165) is 22.6 Å². The molecule has 0 atom stereocenters. The summed E-state index contributed by atoms with van der Waals surface area (Å²) in [6.45, 7) is 5.27. The Bertz CT molecular complexity index is 549. The summed E-state index contributed by atoms with van der Waals surface area (Å²) in [5.41, 5.74) is 3.91. The van der Waals surface area contributed by atoms with E-state index >= 15 is 0 Å². The van der Waals surface area contributed by atoms with Crippen molar-refractivity contribution in [3.05, 3.63) is 47.0 Å².